The largest absolute Gasteiger partial charge is 0.379 e. The zero-order valence-corrected chi connectivity index (χ0v) is 12.3. The summed E-state index contributed by atoms with van der Waals surface area (Å²) in [5.41, 5.74) is 1.25. The number of para-hydroxylation sites is 1. The summed E-state index contributed by atoms with van der Waals surface area (Å²) in [6.45, 7) is 5.08. The van der Waals surface area contributed by atoms with Crippen molar-refractivity contribution < 1.29 is 14.3 Å². The predicted octanol–water partition coefficient (Wildman–Crippen LogP) is 1.58. The van der Waals surface area contributed by atoms with E-state index in [4.69, 9.17) is 4.74 Å². The molecule has 1 fully saturated rings. The van der Waals surface area contributed by atoms with E-state index in [-0.39, 0.29) is 23.8 Å². The molecular formula is C16H20N2O3. The van der Waals surface area contributed by atoms with Crippen LogP contribution in [0.15, 0.2) is 24.3 Å². The van der Waals surface area contributed by atoms with Gasteiger partial charge in [-0.05, 0) is 24.5 Å². The summed E-state index contributed by atoms with van der Waals surface area (Å²) < 4.78 is 5.44. The number of carbonyl (C=O) groups excluding carboxylic acids is 2. The molecule has 21 heavy (non-hydrogen) atoms. The van der Waals surface area contributed by atoms with Crippen molar-refractivity contribution in [2.24, 2.45) is 5.92 Å². The summed E-state index contributed by atoms with van der Waals surface area (Å²) >= 11 is 0. The Morgan fingerprint density at radius 3 is 2.71 bits per heavy atom. The normalized spacial score (nSPS) is 25.8. The van der Waals surface area contributed by atoms with E-state index in [9.17, 15) is 9.59 Å². The second kappa shape index (κ2) is 5.48. The number of hydrogen-bond acceptors (Lipinski definition) is 3. The molecule has 112 valence electrons. The molecule has 0 saturated carbocycles. The lowest BCUT2D eigenvalue weighted by Gasteiger charge is -2.31. The van der Waals surface area contributed by atoms with Crippen LogP contribution >= 0.6 is 0 Å². The highest BCUT2D eigenvalue weighted by Crippen LogP contribution is 2.30. The zero-order chi connectivity index (χ0) is 15.0. The Bertz CT molecular complexity index is 564. The summed E-state index contributed by atoms with van der Waals surface area (Å²) in [7, 11) is 0. The average molecular weight is 288 g/mol. The number of hydrogen-bond donors (Lipinski definition) is 1. The quantitative estimate of drug-likeness (QED) is 0.899. The van der Waals surface area contributed by atoms with E-state index in [0.29, 0.717) is 24.5 Å². The van der Waals surface area contributed by atoms with E-state index in [2.05, 4.69) is 5.32 Å². The van der Waals surface area contributed by atoms with Crippen LogP contribution < -0.4 is 10.2 Å². The summed E-state index contributed by atoms with van der Waals surface area (Å²) in [4.78, 5) is 27.1. The minimum Gasteiger partial charge on any atom is -0.379 e. The molecule has 2 aliphatic rings. The second-order valence-corrected chi connectivity index (χ2v) is 5.94. The highest BCUT2D eigenvalue weighted by molar-refractivity contribution is 6.11. The summed E-state index contributed by atoms with van der Waals surface area (Å²) in [5, 5.41) is 2.87. The lowest BCUT2D eigenvalue weighted by atomic mass is 10.0. The molecule has 2 aliphatic heterocycles. The molecule has 0 aromatic heterocycles. The third-order valence-corrected chi connectivity index (χ3v) is 4.14. The Balaban J connectivity index is 2.09. The van der Waals surface area contributed by atoms with Crippen molar-refractivity contribution in [2.45, 2.75) is 32.4 Å². The molecule has 0 spiro atoms. The Kier molecular flexibility index (Phi) is 3.68. The van der Waals surface area contributed by atoms with Gasteiger partial charge in [-0.15, -0.1) is 0 Å². The predicted molar refractivity (Wildman–Crippen MR) is 79.2 cm³/mol. The van der Waals surface area contributed by atoms with Gasteiger partial charge < -0.3 is 15.0 Å². The van der Waals surface area contributed by atoms with Gasteiger partial charge in [0.25, 0.3) is 5.91 Å². The van der Waals surface area contributed by atoms with Crippen LogP contribution in [0.3, 0.4) is 0 Å². The van der Waals surface area contributed by atoms with Crippen LogP contribution in [0.25, 0.3) is 0 Å². The topological polar surface area (TPSA) is 58.6 Å². The van der Waals surface area contributed by atoms with Crippen molar-refractivity contribution in [3.8, 4) is 0 Å². The fourth-order valence-corrected chi connectivity index (χ4v) is 2.98. The maximum atomic E-state index is 12.9. The summed E-state index contributed by atoms with van der Waals surface area (Å²) in [5.74, 6) is -0.182. The number of benzene rings is 1. The molecule has 2 amide bonds. The van der Waals surface area contributed by atoms with Gasteiger partial charge in [0.1, 0.15) is 6.04 Å². The van der Waals surface area contributed by atoms with Crippen LogP contribution in [-0.2, 0) is 9.53 Å². The first-order valence-electron chi connectivity index (χ1n) is 7.40. The molecule has 1 saturated heterocycles. The molecule has 1 aromatic rings. The minimum absolute atomic E-state index is 0.00704. The van der Waals surface area contributed by atoms with Crippen molar-refractivity contribution in [2.75, 3.05) is 18.1 Å². The van der Waals surface area contributed by atoms with Gasteiger partial charge in [0.2, 0.25) is 5.91 Å². The molecule has 2 unspecified atom stereocenters. The number of nitrogens with zero attached hydrogens (tertiary/aromatic N) is 1. The number of anilines is 1. The number of carbonyl (C=O) groups is 2. The van der Waals surface area contributed by atoms with E-state index in [0.717, 1.165) is 6.42 Å². The van der Waals surface area contributed by atoms with E-state index in [1.165, 1.54) is 0 Å². The van der Waals surface area contributed by atoms with Gasteiger partial charge in [-0.1, -0.05) is 26.0 Å². The Labute approximate surface area is 124 Å². The smallest absolute Gasteiger partial charge is 0.254 e. The van der Waals surface area contributed by atoms with Crippen LogP contribution in [-0.4, -0.2) is 37.1 Å². The molecule has 1 aromatic carbocycles. The highest BCUT2D eigenvalue weighted by atomic mass is 16.5. The average Bonchev–Trinajstić information content (AvgIpc) is 2.95. The lowest BCUT2D eigenvalue weighted by molar-refractivity contribution is -0.121. The van der Waals surface area contributed by atoms with Crippen LogP contribution in [0.2, 0.25) is 0 Å². The molecule has 0 aliphatic carbocycles. The molecule has 3 rings (SSSR count). The maximum Gasteiger partial charge on any atom is 0.254 e. The SMILES string of the molecule is CC(C)C1NC(=O)c2ccccc2N(C2CCOC2)C1=O. The van der Waals surface area contributed by atoms with Gasteiger partial charge in [0.15, 0.2) is 0 Å². The Hall–Kier alpha value is -1.88. The minimum atomic E-state index is -0.495. The summed E-state index contributed by atoms with van der Waals surface area (Å²) in [6, 6.07) is 6.80. The first-order valence-corrected chi connectivity index (χ1v) is 7.40. The first kappa shape index (κ1) is 14.1. The third kappa shape index (κ3) is 2.42. The fraction of sp³-hybridized carbons (Fsp3) is 0.500. The standard InChI is InChI=1S/C16H20N2O3/c1-10(2)14-16(20)18(11-7-8-21-9-11)13-6-4-3-5-12(13)15(19)17-14/h3-6,10-11,14H,7-9H2,1-2H3,(H,17,19). The molecule has 0 bridgehead atoms. The number of fused-ring (bicyclic) bond motifs is 1. The van der Waals surface area contributed by atoms with Gasteiger partial charge in [0.05, 0.1) is 23.9 Å². The van der Waals surface area contributed by atoms with E-state index < -0.39 is 6.04 Å². The lowest BCUT2D eigenvalue weighted by Crippen LogP contribution is -2.52. The first-order chi connectivity index (χ1) is 10.1. The molecule has 5 heteroatoms. The van der Waals surface area contributed by atoms with E-state index >= 15 is 0 Å². The molecule has 5 nitrogen and oxygen atoms in total. The maximum absolute atomic E-state index is 12.9. The molecular weight excluding hydrogens is 268 g/mol. The van der Waals surface area contributed by atoms with Crippen molar-refractivity contribution in [3.63, 3.8) is 0 Å². The van der Waals surface area contributed by atoms with Gasteiger partial charge in [-0.25, -0.2) is 0 Å². The van der Waals surface area contributed by atoms with Crippen LogP contribution in [0.1, 0.15) is 30.6 Å². The highest BCUT2D eigenvalue weighted by Gasteiger charge is 2.39. The van der Waals surface area contributed by atoms with E-state index in [1.807, 2.05) is 32.0 Å². The summed E-state index contributed by atoms with van der Waals surface area (Å²) in [6.07, 6.45) is 0.805. The number of nitrogens with one attached hydrogen (secondary N) is 1. The van der Waals surface area contributed by atoms with Gasteiger partial charge >= 0.3 is 0 Å². The number of amides is 2. The van der Waals surface area contributed by atoms with Crippen LogP contribution in [0.5, 0.6) is 0 Å². The number of rotatable bonds is 2. The van der Waals surface area contributed by atoms with Gasteiger partial charge in [-0.3, -0.25) is 9.59 Å². The molecule has 2 atom stereocenters. The van der Waals surface area contributed by atoms with Gasteiger partial charge in [-0.2, -0.15) is 0 Å². The van der Waals surface area contributed by atoms with Crippen molar-refractivity contribution in [1.29, 1.82) is 0 Å². The number of ether oxygens (including phenoxy) is 1. The molecule has 2 heterocycles. The molecule has 1 N–H and O–H groups in total. The van der Waals surface area contributed by atoms with Gasteiger partial charge in [0, 0.05) is 6.61 Å². The van der Waals surface area contributed by atoms with Crippen molar-refractivity contribution >= 4 is 17.5 Å². The second-order valence-electron chi connectivity index (χ2n) is 5.94. The Morgan fingerprint density at radius 1 is 1.29 bits per heavy atom. The Morgan fingerprint density at radius 2 is 2.05 bits per heavy atom. The van der Waals surface area contributed by atoms with E-state index in [1.54, 1.807) is 11.0 Å². The van der Waals surface area contributed by atoms with Crippen LogP contribution in [0, 0.1) is 5.92 Å². The monoisotopic (exact) mass is 288 g/mol. The fourth-order valence-electron chi connectivity index (χ4n) is 2.98. The molecule has 0 radical (unpaired) electrons. The van der Waals surface area contributed by atoms with Crippen LogP contribution in [0.4, 0.5) is 5.69 Å². The van der Waals surface area contributed by atoms with Crippen molar-refractivity contribution in [1.82, 2.24) is 5.32 Å². The third-order valence-electron chi connectivity index (χ3n) is 4.14. The van der Waals surface area contributed by atoms with Crippen molar-refractivity contribution in [3.05, 3.63) is 29.8 Å². The zero-order valence-electron chi connectivity index (χ0n) is 12.3.